The predicted molar refractivity (Wildman–Crippen MR) is 118 cm³/mol. The summed E-state index contributed by atoms with van der Waals surface area (Å²) >= 11 is 0. The largest absolute Gasteiger partial charge is 0.573 e. The molecule has 186 valence electrons. The molecule has 0 unspecified atom stereocenters. The maximum atomic E-state index is 12.9. The van der Waals surface area contributed by atoms with Crippen LogP contribution in [0.2, 0.25) is 0 Å². The van der Waals surface area contributed by atoms with Crippen molar-refractivity contribution in [3.63, 3.8) is 0 Å². The molecule has 0 spiro atoms. The molecule has 0 heterocycles. The number of rotatable bonds is 11. The summed E-state index contributed by atoms with van der Waals surface area (Å²) in [4.78, 5) is 22.9. The molecule has 0 saturated carbocycles. The van der Waals surface area contributed by atoms with Crippen LogP contribution in [0.3, 0.4) is 0 Å². The smallest absolute Gasteiger partial charge is 0.492 e. The van der Waals surface area contributed by atoms with Crippen molar-refractivity contribution in [1.29, 1.82) is 0 Å². The fraction of sp³-hybridized carbons (Fsp3) is 0.333. The van der Waals surface area contributed by atoms with E-state index in [0.717, 1.165) is 12.1 Å². The SMILES string of the molecule is CCOc1cc(NC(=O)[C@@H](NC=O)C(C)C)ccc1S(=O)(=O)Nc1cccc(OC(F)(F)F)c1. The summed E-state index contributed by atoms with van der Waals surface area (Å²) in [5, 5.41) is 5.00. The molecule has 2 rings (SSSR count). The number of sulfonamides is 1. The Morgan fingerprint density at radius 3 is 2.41 bits per heavy atom. The van der Waals surface area contributed by atoms with Crippen LogP contribution in [0.25, 0.3) is 0 Å². The Bertz CT molecular complexity index is 1120. The predicted octanol–water partition coefficient (Wildman–Crippen LogP) is 3.49. The Morgan fingerprint density at radius 1 is 1.12 bits per heavy atom. The lowest BCUT2D eigenvalue weighted by Gasteiger charge is -2.20. The monoisotopic (exact) mass is 503 g/mol. The molecule has 0 aliphatic heterocycles. The molecule has 2 aromatic rings. The number of nitrogens with one attached hydrogen (secondary N) is 3. The molecule has 0 bridgehead atoms. The third-order valence-corrected chi connectivity index (χ3v) is 5.74. The molecular formula is C21H24F3N3O6S. The normalized spacial score (nSPS) is 12.6. The first-order chi connectivity index (χ1) is 15.9. The number of hydrogen-bond donors (Lipinski definition) is 3. The third-order valence-electron chi connectivity index (χ3n) is 4.32. The zero-order valence-electron chi connectivity index (χ0n) is 18.5. The van der Waals surface area contributed by atoms with Crippen molar-refractivity contribution >= 4 is 33.7 Å². The van der Waals surface area contributed by atoms with Gasteiger partial charge in [0.05, 0.1) is 12.3 Å². The summed E-state index contributed by atoms with van der Waals surface area (Å²) in [7, 11) is -4.29. The van der Waals surface area contributed by atoms with E-state index in [2.05, 4.69) is 20.1 Å². The molecule has 0 aromatic heterocycles. The summed E-state index contributed by atoms with van der Waals surface area (Å²) in [6, 6.07) is 7.32. The van der Waals surface area contributed by atoms with Gasteiger partial charge in [-0.1, -0.05) is 19.9 Å². The van der Waals surface area contributed by atoms with Gasteiger partial charge in [0.15, 0.2) is 0 Å². The number of halogens is 3. The number of alkyl halides is 3. The summed E-state index contributed by atoms with van der Waals surface area (Å²) in [5.74, 6) is -1.42. The standard InChI is InChI=1S/C21H24F3N3O6S/c1-4-32-17-11-14(26-20(29)19(13(2)3)25-12-28)8-9-18(17)34(30,31)27-15-6-5-7-16(10-15)33-21(22,23)24/h5-13,19,27H,4H2,1-3H3,(H,25,28)(H,26,29)/t19-/m0/s1. The molecule has 0 radical (unpaired) electrons. The first kappa shape index (κ1) is 26.8. The number of benzene rings is 2. The Hall–Kier alpha value is -3.48. The van der Waals surface area contributed by atoms with E-state index < -0.39 is 34.1 Å². The first-order valence-electron chi connectivity index (χ1n) is 10.0. The fourth-order valence-electron chi connectivity index (χ4n) is 2.91. The summed E-state index contributed by atoms with van der Waals surface area (Å²) in [6.45, 7) is 5.19. The quantitative estimate of drug-likeness (QED) is 0.404. The average molecular weight is 503 g/mol. The maximum Gasteiger partial charge on any atom is 0.573 e. The van der Waals surface area contributed by atoms with E-state index in [0.29, 0.717) is 6.41 Å². The number of carbonyl (C=O) groups excluding carboxylic acids is 2. The second kappa shape index (κ2) is 11.1. The van der Waals surface area contributed by atoms with Gasteiger partial charge in [0, 0.05) is 17.8 Å². The van der Waals surface area contributed by atoms with E-state index in [4.69, 9.17) is 4.74 Å². The van der Waals surface area contributed by atoms with Crippen LogP contribution in [-0.4, -0.2) is 39.7 Å². The molecule has 9 nitrogen and oxygen atoms in total. The molecule has 13 heteroatoms. The van der Waals surface area contributed by atoms with Crippen LogP contribution < -0.4 is 24.8 Å². The van der Waals surface area contributed by atoms with Crippen LogP contribution in [0.5, 0.6) is 11.5 Å². The van der Waals surface area contributed by atoms with Gasteiger partial charge in [0.25, 0.3) is 10.0 Å². The molecule has 0 saturated heterocycles. The van der Waals surface area contributed by atoms with Crippen LogP contribution >= 0.6 is 0 Å². The molecule has 0 aliphatic rings. The van der Waals surface area contributed by atoms with Crippen molar-refractivity contribution < 1.29 is 40.7 Å². The van der Waals surface area contributed by atoms with Gasteiger partial charge in [-0.2, -0.15) is 0 Å². The van der Waals surface area contributed by atoms with Crippen molar-refractivity contribution in [3.8, 4) is 11.5 Å². The molecule has 3 N–H and O–H groups in total. The molecule has 0 aliphatic carbocycles. The lowest BCUT2D eigenvalue weighted by molar-refractivity contribution is -0.274. The lowest BCUT2D eigenvalue weighted by atomic mass is 10.0. The maximum absolute atomic E-state index is 12.9. The van der Waals surface area contributed by atoms with Gasteiger partial charge in [-0.05, 0) is 37.1 Å². The minimum Gasteiger partial charge on any atom is -0.492 e. The zero-order chi connectivity index (χ0) is 25.5. The summed E-state index contributed by atoms with van der Waals surface area (Å²) in [6.07, 6.45) is -4.53. The molecule has 0 fully saturated rings. The Balaban J connectivity index is 2.31. The number of hydrogen-bond acceptors (Lipinski definition) is 6. The first-order valence-corrected chi connectivity index (χ1v) is 11.5. The van der Waals surface area contributed by atoms with Crippen molar-refractivity contribution in [3.05, 3.63) is 42.5 Å². The van der Waals surface area contributed by atoms with Crippen LogP contribution in [0.15, 0.2) is 47.4 Å². The van der Waals surface area contributed by atoms with Crippen LogP contribution in [0.1, 0.15) is 20.8 Å². The Labute approximate surface area is 194 Å². The van der Waals surface area contributed by atoms with Crippen LogP contribution in [-0.2, 0) is 19.6 Å². The van der Waals surface area contributed by atoms with Gasteiger partial charge in [-0.25, -0.2) is 8.42 Å². The van der Waals surface area contributed by atoms with Crippen molar-refractivity contribution in [1.82, 2.24) is 5.32 Å². The van der Waals surface area contributed by atoms with E-state index in [1.165, 1.54) is 30.3 Å². The minimum absolute atomic E-state index is 0.0934. The number of ether oxygens (including phenoxy) is 2. The highest BCUT2D eigenvalue weighted by atomic mass is 32.2. The zero-order valence-corrected chi connectivity index (χ0v) is 19.3. The molecule has 2 amide bonds. The minimum atomic E-state index is -4.93. The van der Waals surface area contributed by atoms with E-state index in [1.54, 1.807) is 20.8 Å². The second-order valence-electron chi connectivity index (χ2n) is 7.27. The highest BCUT2D eigenvalue weighted by Gasteiger charge is 2.31. The fourth-order valence-corrected chi connectivity index (χ4v) is 4.08. The van der Waals surface area contributed by atoms with E-state index in [-0.39, 0.29) is 34.5 Å². The summed E-state index contributed by atoms with van der Waals surface area (Å²) < 4.78 is 74.6. The second-order valence-corrected chi connectivity index (χ2v) is 8.92. The van der Waals surface area contributed by atoms with E-state index in [1.807, 2.05) is 0 Å². The number of carbonyl (C=O) groups is 2. The van der Waals surface area contributed by atoms with E-state index >= 15 is 0 Å². The van der Waals surface area contributed by atoms with Gasteiger partial charge >= 0.3 is 6.36 Å². The van der Waals surface area contributed by atoms with Gasteiger partial charge in [-0.15, -0.1) is 13.2 Å². The van der Waals surface area contributed by atoms with Crippen molar-refractivity contribution in [2.75, 3.05) is 16.6 Å². The van der Waals surface area contributed by atoms with Crippen molar-refractivity contribution in [2.24, 2.45) is 5.92 Å². The Kier molecular flexibility index (Phi) is 8.74. The average Bonchev–Trinajstić information content (AvgIpc) is 2.70. The summed E-state index contributed by atoms with van der Waals surface area (Å²) in [5.41, 5.74) is 0.0487. The number of amides is 2. The molecular weight excluding hydrogens is 479 g/mol. The van der Waals surface area contributed by atoms with Crippen molar-refractivity contribution in [2.45, 2.75) is 38.1 Å². The molecule has 34 heavy (non-hydrogen) atoms. The third kappa shape index (κ3) is 7.54. The van der Waals surface area contributed by atoms with Gasteiger partial charge in [0.2, 0.25) is 12.3 Å². The van der Waals surface area contributed by atoms with E-state index in [9.17, 15) is 31.2 Å². The van der Waals surface area contributed by atoms with Crippen LogP contribution in [0.4, 0.5) is 24.5 Å². The lowest BCUT2D eigenvalue weighted by Crippen LogP contribution is -2.43. The van der Waals surface area contributed by atoms with Gasteiger partial charge in [0.1, 0.15) is 22.4 Å². The topological polar surface area (TPSA) is 123 Å². The Morgan fingerprint density at radius 2 is 1.82 bits per heavy atom. The van der Waals surface area contributed by atoms with Gasteiger partial charge < -0.3 is 20.1 Å². The van der Waals surface area contributed by atoms with Crippen LogP contribution in [0, 0.1) is 5.92 Å². The molecule has 1 atom stereocenters. The highest BCUT2D eigenvalue weighted by molar-refractivity contribution is 7.92. The highest BCUT2D eigenvalue weighted by Crippen LogP contribution is 2.31. The number of anilines is 2. The molecule has 2 aromatic carbocycles. The van der Waals surface area contributed by atoms with Gasteiger partial charge in [-0.3, -0.25) is 14.3 Å².